The van der Waals surface area contributed by atoms with Gasteiger partial charge in [-0.25, -0.2) is 15.0 Å². The van der Waals surface area contributed by atoms with Gasteiger partial charge in [-0.2, -0.15) is 0 Å². The van der Waals surface area contributed by atoms with Crippen molar-refractivity contribution in [1.29, 1.82) is 0 Å². The molecule has 0 aliphatic rings. The molecule has 0 aliphatic heterocycles. The quantitative estimate of drug-likeness (QED) is 0.173. The van der Waals surface area contributed by atoms with E-state index in [9.17, 15) is 0 Å². The van der Waals surface area contributed by atoms with Crippen LogP contribution in [0.3, 0.4) is 0 Å². The average Bonchev–Trinajstić information content (AvgIpc) is 4.04. The summed E-state index contributed by atoms with van der Waals surface area (Å²) in [6.45, 7) is 0. The van der Waals surface area contributed by atoms with Gasteiger partial charge >= 0.3 is 0 Å². The molecule has 0 saturated heterocycles. The third kappa shape index (κ3) is 5.51. The van der Waals surface area contributed by atoms with Crippen molar-refractivity contribution in [2.24, 2.45) is 0 Å². The number of nitrogens with zero attached hydrogens (tertiary/aromatic N) is 4. The number of para-hydroxylation sites is 2. The van der Waals surface area contributed by atoms with Crippen molar-refractivity contribution in [2.45, 2.75) is 0 Å². The number of hydrogen-bond acceptors (Lipinski definition) is 5. The number of furan rings is 2. The van der Waals surface area contributed by atoms with E-state index in [1.807, 2.05) is 48.5 Å². The van der Waals surface area contributed by atoms with Crippen LogP contribution in [0.2, 0.25) is 0 Å². The molecule has 6 nitrogen and oxygen atoms in total. The van der Waals surface area contributed by atoms with Crippen molar-refractivity contribution in [3.05, 3.63) is 206 Å². The lowest BCUT2D eigenvalue weighted by Gasteiger charge is -2.16. The van der Waals surface area contributed by atoms with Crippen LogP contribution in [-0.4, -0.2) is 19.5 Å². The van der Waals surface area contributed by atoms with Crippen LogP contribution >= 0.6 is 0 Å². The summed E-state index contributed by atoms with van der Waals surface area (Å²) >= 11 is 0. The molecule has 4 heterocycles. The van der Waals surface area contributed by atoms with Gasteiger partial charge in [0.15, 0.2) is 17.5 Å². The lowest BCUT2D eigenvalue weighted by atomic mass is 10.0. The zero-order valence-corrected chi connectivity index (χ0v) is 34.7. The van der Waals surface area contributed by atoms with Crippen molar-refractivity contribution in [3.63, 3.8) is 0 Å². The Morgan fingerprint density at radius 1 is 0.323 bits per heavy atom. The molecule has 0 N–H and O–H groups in total. The monoisotopic (exact) mass is 830 g/mol. The summed E-state index contributed by atoms with van der Waals surface area (Å²) in [4.78, 5) is 16.2. The van der Waals surface area contributed by atoms with Crippen LogP contribution in [0.25, 0.3) is 138 Å². The van der Waals surface area contributed by atoms with E-state index in [1.165, 1.54) is 26.9 Å². The second-order valence-corrected chi connectivity index (χ2v) is 16.7. The number of benzene rings is 10. The summed E-state index contributed by atoms with van der Waals surface area (Å²) in [7, 11) is 0. The minimum Gasteiger partial charge on any atom is -0.456 e. The zero-order valence-electron chi connectivity index (χ0n) is 34.7. The molecule has 10 aromatic carbocycles. The van der Waals surface area contributed by atoms with E-state index in [0.29, 0.717) is 23.1 Å². The van der Waals surface area contributed by atoms with Crippen LogP contribution in [0.15, 0.2) is 215 Å². The SMILES string of the molecule is c1ccc(-c2cccc(-c3nc(-c4ccc5oc6ccccc6c5c4)nc(-c4c(-n5c6cc7ccccc7cc6c6c7ccccc7ccc65)ccc5c4oc4ccccc45)n3)c2)cc1. The highest BCUT2D eigenvalue weighted by Gasteiger charge is 2.26. The van der Waals surface area contributed by atoms with E-state index in [4.69, 9.17) is 23.8 Å². The van der Waals surface area contributed by atoms with Gasteiger partial charge in [0.2, 0.25) is 0 Å². The van der Waals surface area contributed by atoms with Crippen molar-refractivity contribution in [2.75, 3.05) is 0 Å². The molecule has 14 rings (SSSR count). The van der Waals surface area contributed by atoms with Crippen molar-refractivity contribution < 1.29 is 8.83 Å². The van der Waals surface area contributed by atoms with Gasteiger partial charge in [-0.05, 0) is 99.4 Å². The second-order valence-electron chi connectivity index (χ2n) is 16.7. The fourth-order valence-corrected chi connectivity index (χ4v) is 9.99. The van der Waals surface area contributed by atoms with E-state index in [-0.39, 0.29) is 0 Å². The average molecular weight is 831 g/mol. The van der Waals surface area contributed by atoms with E-state index >= 15 is 0 Å². The predicted octanol–water partition coefficient (Wildman–Crippen LogP) is 15.7. The molecule has 0 saturated carbocycles. The van der Waals surface area contributed by atoms with Crippen LogP contribution in [0, 0.1) is 0 Å². The topological polar surface area (TPSA) is 69.9 Å². The number of hydrogen-bond donors (Lipinski definition) is 0. The highest BCUT2D eigenvalue weighted by Crippen LogP contribution is 2.45. The van der Waals surface area contributed by atoms with Gasteiger partial charge in [-0.3, -0.25) is 0 Å². The van der Waals surface area contributed by atoms with E-state index in [1.54, 1.807) is 0 Å². The summed E-state index contributed by atoms with van der Waals surface area (Å²) in [6, 6.07) is 72.2. The van der Waals surface area contributed by atoms with Gasteiger partial charge in [0.1, 0.15) is 22.3 Å². The molecule has 0 unspecified atom stereocenters. The largest absolute Gasteiger partial charge is 0.456 e. The molecule has 0 amide bonds. The molecule has 0 fully saturated rings. The first kappa shape index (κ1) is 35.7. The maximum Gasteiger partial charge on any atom is 0.170 e. The summed E-state index contributed by atoms with van der Waals surface area (Å²) in [6.07, 6.45) is 0. The van der Waals surface area contributed by atoms with Crippen molar-refractivity contribution >= 4 is 87.2 Å². The molecule has 0 spiro atoms. The van der Waals surface area contributed by atoms with Crippen molar-refractivity contribution in [3.8, 4) is 51.0 Å². The van der Waals surface area contributed by atoms with Gasteiger partial charge in [0, 0.05) is 43.4 Å². The fraction of sp³-hybridized carbons (Fsp3) is 0. The third-order valence-corrected chi connectivity index (χ3v) is 13.0. The number of fused-ring (bicyclic) bond motifs is 12. The van der Waals surface area contributed by atoms with Gasteiger partial charge in [0.05, 0.1) is 22.3 Å². The summed E-state index contributed by atoms with van der Waals surface area (Å²) in [5, 5.41) is 11.1. The molecule has 4 aromatic heterocycles. The molecule has 302 valence electrons. The second kappa shape index (κ2) is 13.8. The molecule has 14 aromatic rings. The molecule has 0 atom stereocenters. The van der Waals surface area contributed by atoms with E-state index in [0.717, 1.165) is 88.2 Å². The lowest BCUT2D eigenvalue weighted by molar-refractivity contribution is 0.669. The van der Waals surface area contributed by atoms with Gasteiger partial charge < -0.3 is 13.4 Å². The van der Waals surface area contributed by atoms with E-state index in [2.05, 4.69) is 162 Å². The molecule has 65 heavy (non-hydrogen) atoms. The van der Waals surface area contributed by atoms with Crippen molar-refractivity contribution in [1.82, 2.24) is 19.5 Å². The Bertz CT molecular complexity index is 4250. The molecule has 0 aliphatic carbocycles. The maximum atomic E-state index is 6.98. The highest BCUT2D eigenvalue weighted by atomic mass is 16.3. The van der Waals surface area contributed by atoms with Crippen LogP contribution in [0.5, 0.6) is 0 Å². The Morgan fingerprint density at radius 2 is 0.938 bits per heavy atom. The van der Waals surface area contributed by atoms with Crippen LogP contribution < -0.4 is 0 Å². The molecule has 6 heteroatoms. The minimum absolute atomic E-state index is 0.503. The molecular formula is C59H34N4O2. The van der Waals surface area contributed by atoms with Gasteiger partial charge in [-0.1, -0.05) is 140 Å². The van der Waals surface area contributed by atoms with Crippen LogP contribution in [-0.2, 0) is 0 Å². The van der Waals surface area contributed by atoms with Crippen LogP contribution in [0.1, 0.15) is 0 Å². The molecule has 0 bridgehead atoms. The lowest BCUT2D eigenvalue weighted by Crippen LogP contribution is -2.04. The van der Waals surface area contributed by atoms with E-state index < -0.39 is 0 Å². The Hall–Kier alpha value is -8.87. The van der Waals surface area contributed by atoms with Gasteiger partial charge in [0.25, 0.3) is 0 Å². The Balaban J connectivity index is 1.11. The summed E-state index contributed by atoms with van der Waals surface area (Å²) in [5.41, 5.74) is 10.9. The highest BCUT2D eigenvalue weighted by molar-refractivity contribution is 6.24. The maximum absolute atomic E-state index is 6.98. The van der Waals surface area contributed by atoms with Gasteiger partial charge in [-0.15, -0.1) is 0 Å². The van der Waals surface area contributed by atoms with Crippen LogP contribution in [0.4, 0.5) is 0 Å². The summed E-state index contributed by atoms with van der Waals surface area (Å²) in [5.74, 6) is 1.60. The summed E-state index contributed by atoms with van der Waals surface area (Å²) < 4.78 is 15.6. The molecular weight excluding hydrogens is 797 g/mol. The third-order valence-electron chi connectivity index (χ3n) is 13.0. The fourth-order valence-electron chi connectivity index (χ4n) is 9.99. The normalized spacial score (nSPS) is 12.0. The zero-order chi connectivity index (χ0) is 42.6. The Morgan fingerprint density at radius 3 is 1.75 bits per heavy atom. The smallest absolute Gasteiger partial charge is 0.170 e. The Labute approximate surface area is 371 Å². The first-order chi connectivity index (χ1) is 32.2. The first-order valence-corrected chi connectivity index (χ1v) is 21.8. The standard InChI is InChI=1S/C59H34N4O2/c1-2-13-35(14-3-1)37-18-12-19-40(31-37)57-60-58(41-26-30-53-46(33-41)44-22-9-10-23-51(44)64-53)62-59(61-57)55-49(29-27-45-43-21-8-11-24-52(43)65-56(45)55)63-48-28-25-36-15-6-7-20-42(36)54(48)47-32-38-16-4-5-17-39(38)34-50(47)63/h1-34H. The molecule has 0 radical (unpaired) electrons. The first-order valence-electron chi connectivity index (χ1n) is 21.8. The number of rotatable bonds is 5. The predicted molar refractivity (Wildman–Crippen MR) is 265 cm³/mol. The Kier molecular flexibility index (Phi) is 7.59. The number of aromatic nitrogens is 4. The minimum atomic E-state index is 0.503.